The van der Waals surface area contributed by atoms with Crippen LogP contribution in [0.2, 0.25) is 0 Å². The molecule has 0 fully saturated rings. The summed E-state index contributed by atoms with van der Waals surface area (Å²) in [6.07, 6.45) is 0. The summed E-state index contributed by atoms with van der Waals surface area (Å²) < 4.78 is 0. The van der Waals surface area contributed by atoms with E-state index < -0.39 is 10.9 Å². The highest BCUT2D eigenvalue weighted by Crippen LogP contribution is 2.17. The number of benzene rings is 1. The van der Waals surface area contributed by atoms with Crippen molar-refractivity contribution in [1.29, 1.82) is 0 Å². The molecule has 0 amide bonds. The van der Waals surface area contributed by atoms with Gasteiger partial charge in [0.2, 0.25) is 0 Å². The monoisotopic (exact) mass is 287 g/mol. The highest BCUT2D eigenvalue weighted by Gasteiger charge is 2.11. The molecule has 0 aliphatic rings. The highest BCUT2D eigenvalue weighted by atomic mass is 16.6. The molecule has 7 nitrogen and oxygen atoms in total. The van der Waals surface area contributed by atoms with Crippen LogP contribution in [0.15, 0.2) is 42.5 Å². The first-order chi connectivity index (χ1) is 10.1. The van der Waals surface area contributed by atoms with Crippen LogP contribution < -0.4 is 5.32 Å². The standard InChI is InChI=1S/C14H13N3O4/c18-14(19)12-6-3-5-11(16-12)9-15-8-10-4-1-2-7-13(10)17(20)21/h1-7,15H,8-9H2,(H,18,19). The Morgan fingerprint density at radius 1 is 1.19 bits per heavy atom. The number of hydrogen-bond acceptors (Lipinski definition) is 5. The zero-order valence-corrected chi connectivity index (χ0v) is 11.0. The van der Waals surface area contributed by atoms with Crippen LogP contribution in [0.4, 0.5) is 5.69 Å². The molecular weight excluding hydrogens is 274 g/mol. The summed E-state index contributed by atoms with van der Waals surface area (Å²) in [5.41, 5.74) is 1.16. The van der Waals surface area contributed by atoms with Gasteiger partial charge in [-0.05, 0) is 12.1 Å². The van der Waals surface area contributed by atoms with Crippen LogP contribution >= 0.6 is 0 Å². The minimum atomic E-state index is -1.09. The van der Waals surface area contributed by atoms with Crippen LogP contribution in [0.1, 0.15) is 21.7 Å². The van der Waals surface area contributed by atoms with Gasteiger partial charge >= 0.3 is 5.97 Å². The van der Waals surface area contributed by atoms with E-state index in [1.54, 1.807) is 30.3 Å². The van der Waals surface area contributed by atoms with E-state index in [0.29, 0.717) is 24.3 Å². The molecule has 1 aromatic carbocycles. The lowest BCUT2D eigenvalue weighted by Gasteiger charge is -2.06. The second-order valence-corrected chi connectivity index (χ2v) is 4.31. The second kappa shape index (κ2) is 6.58. The van der Waals surface area contributed by atoms with E-state index in [9.17, 15) is 14.9 Å². The topological polar surface area (TPSA) is 105 Å². The van der Waals surface area contributed by atoms with Crippen molar-refractivity contribution in [3.05, 3.63) is 69.5 Å². The number of aromatic nitrogens is 1. The first-order valence-electron chi connectivity index (χ1n) is 6.20. The van der Waals surface area contributed by atoms with Crippen LogP contribution in [-0.2, 0) is 13.1 Å². The molecule has 0 spiro atoms. The number of nitrogens with zero attached hydrogens (tertiary/aromatic N) is 2. The maximum atomic E-state index is 10.9. The zero-order valence-electron chi connectivity index (χ0n) is 11.0. The normalized spacial score (nSPS) is 10.3. The van der Waals surface area contributed by atoms with E-state index in [1.165, 1.54) is 12.1 Å². The predicted octanol–water partition coefficient (Wildman–Crippen LogP) is 1.98. The number of nitro groups is 1. The highest BCUT2D eigenvalue weighted by molar-refractivity contribution is 5.85. The largest absolute Gasteiger partial charge is 0.477 e. The Morgan fingerprint density at radius 2 is 1.95 bits per heavy atom. The molecule has 21 heavy (non-hydrogen) atoms. The molecule has 0 bridgehead atoms. The molecule has 7 heteroatoms. The van der Waals surface area contributed by atoms with Gasteiger partial charge in [-0.25, -0.2) is 9.78 Å². The van der Waals surface area contributed by atoms with Gasteiger partial charge in [-0.1, -0.05) is 24.3 Å². The first kappa shape index (κ1) is 14.6. The predicted molar refractivity (Wildman–Crippen MR) is 74.8 cm³/mol. The molecule has 108 valence electrons. The quantitative estimate of drug-likeness (QED) is 0.621. The van der Waals surface area contributed by atoms with Crippen molar-refractivity contribution in [2.75, 3.05) is 0 Å². The number of nitro benzene ring substituents is 1. The molecule has 2 aromatic rings. The van der Waals surface area contributed by atoms with E-state index in [0.717, 1.165) is 0 Å². The van der Waals surface area contributed by atoms with E-state index in [2.05, 4.69) is 10.3 Å². The van der Waals surface area contributed by atoms with Gasteiger partial charge in [0.05, 0.1) is 10.6 Å². The Balaban J connectivity index is 2.00. The fraction of sp³-hybridized carbons (Fsp3) is 0.143. The smallest absolute Gasteiger partial charge is 0.354 e. The first-order valence-corrected chi connectivity index (χ1v) is 6.20. The van der Waals surface area contributed by atoms with Gasteiger partial charge in [-0.2, -0.15) is 0 Å². The SMILES string of the molecule is O=C(O)c1cccc(CNCc2ccccc2[N+](=O)[O-])n1. The average Bonchev–Trinajstić information content (AvgIpc) is 2.48. The number of aromatic carboxylic acids is 1. The molecule has 0 saturated heterocycles. The average molecular weight is 287 g/mol. The van der Waals surface area contributed by atoms with Crippen molar-refractivity contribution in [2.45, 2.75) is 13.1 Å². The number of nitrogens with one attached hydrogen (secondary N) is 1. The molecule has 1 aromatic heterocycles. The van der Waals surface area contributed by atoms with Crippen molar-refractivity contribution in [1.82, 2.24) is 10.3 Å². The Bertz CT molecular complexity index is 673. The molecule has 0 atom stereocenters. The fourth-order valence-corrected chi connectivity index (χ4v) is 1.86. The fourth-order valence-electron chi connectivity index (χ4n) is 1.86. The summed E-state index contributed by atoms with van der Waals surface area (Å²) in [5.74, 6) is -1.09. The minimum Gasteiger partial charge on any atom is -0.477 e. The Labute approximate surface area is 120 Å². The summed E-state index contributed by atoms with van der Waals surface area (Å²) in [5, 5.41) is 22.7. The molecule has 0 radical (unpaired) electrons. The van der Waals surface area contributed by atoms with Crippen molar-refractivity contribution in [3.63, 3.8) is 0 Å². The molecular formula is C14H13N3O4. The number of carboxylic acids is 1. The van der Waals surface area contributed by atoms with Crippen molar-refractivity contribution in [2.24, 2.45) is 0 Å². The summed E-state index contributed by atoms with van der Waals surface area (Å²) in [6.45, 7) is 0.628. The van der Waals surface area contributed by atoms with Gasteiger partial charge in [0.1, 0.15) is 5.69 Å². The lowest BCUT2D eigenvalue weighted by Crippen LogP contribution is -2.15. The molecule has 0 aliphatic carbocycles. The number of carbonyl (C=O) groups is 1. The summed E-state index contributed by atoms with van der Waals surface area (Å²) in [6, 6.07) is 11.2. The van der Waals surface area contributed by atoms with Crippen LogP contribution in [0.5, 0.6) is 0 Å². The molecule has 2 rings (SSSR count). The van der Waals surface area contributed by atoms with Crippen molar-refractivity contribution in [3.8, 4) is 0 Å². The minimum absolute atomic E-state index is 0.0278. The van der Waals surface area contributed by atoms with Gasteiger partial charge in [0.15, 0.2) is 0 Å². The Kier molecular flexibility index (Phi) is 4.57. The third-order valence-corrected chi connectivity index (χ3v) is 2.84. The van der Waals surface area contributed by atoms with Gasteiger partial charge in [-0.15, -0.1) is 0 Å². The van der Waals surface area contributed by atoms with Gasteiger partial charge in [-0.3, -0.25) is 10.1 Å². The van der Waals surface area contributed by atoms with E-state index in [-0.39, 0.29) is 11.4 Å². The van der Waals surface area contributed by atoms with Gasteiger partial charge in [0, 0.05) is 24.7 Å². The number of pyridine rings is 1. The van der Waals surface area contributed by atoms with Crippen LogP contribution in [0, 0.1) is 10.1 Å². The number of para-hydroxylation sites is 1. The number of carboxylic acid groups (broad SMARTS) is 1. The maximum absolute atomic E-state index is 10.9. The lowest BCUT2D eigenvalue weighted by molar-refractivity contribution is -0.385. The second-order valence-electron chi connectivity index (χ2n) is 4.31. The van der Waals surface area contributed by atoms with Crippen molar-refractivity contribution < 1.29 is 14.8 Å². The zero-order chi connectivity index (χ0) is 15.2. The maximum Gasteiger partial charge on any atom is 0.354 e. The molecule has 0 saturated carbocycles. The van der Waals surface area contributed by atoms with E-state index >= 15 is 0 Å². The van der Waals surface area contributed by atoms with Crippen LogP contribution in [0.3, 0.4) is 0 Å². The molecule has 1 heterocycles. The molecule has 2 N–H and O–H groups in total. The Morgan fingerprint density at radius 3 is 2.67 bits per heavy atom. The molecule has 0 aliphatic heterocycles. The van der Waals surface area contributed by atoms with Gasteiger partial charge < -0.3 is 10.4 Å². The lowest BCUT2D eigenvalue weighted by atomic mass is 10.2. The third kappa shape index (κ3) is 3.83. The number of rotatable bonds is 6. The van der Waals surface area contributed by atoms with Crippen LogP contribution in [0.25, 0.3) is 0 Å². The van der Waals surface area contributed by atoms with Gasteiger partial charge in [0.25, 0.3) is 5.69 Å². The van der Waals surface area contributed by atoms with E-state index in [4.69, 9.17) is 5.11 Å². The van der Waals surface area contributed by atoms with Crippen LogP contribution in [-0.4, -0.2) is 21.0 Å². The summed E-state index contributed by atoms with van der Waals surface area (Å²) >= 11 is 0. The molecule has 0 unspecified atom stereocenters. The number of hydrogen-bond donors (Lipinski definition) is 2. The summed E-state index contributed by atoms with van der Waals surface area (Å²) in [7, 11) is 0. The summed E-state index contributed by atoms with van der Waals surface area (Å²) in [4.78, 5) is 25.2. The Hall–Kier alpha value is -2.80. The van der Waals surface area contributed by atoms with Crippen molar-refractivity contribution >= 4 is 11.7 Å². The third-order valence-electron chi connectivity index (χ3n) is 2.84. The van der Waals surface area contributed by atoms with E-state index in [1.807, 2.05) is 0 Å².